The van der Waals surface area contributed by atoms with Crippen LogP contribution in [-0.2, 0) is 6.54 Å². The van der Waals surface area contributed by atoms with Crippen molar-refractivity contribution < 1.29 is 0 Å². The second-order valence-corrected chi connectivity index (χ2v) is 5.16. The molecular weight excluding hydrogens is 212 g/mol. The van der Waals surface area contributed by atoms with Crippen LogP contribution in [0, 0.1) is 0 Å². The monoisotopic (exact) mass is 220 g/mol. The molecule has 0 unspecified atom stereocenters. The van der Waals surface area contributed by atoms with Gasteiger partial charge in [-0.3, -0.25) is 0 Å². The Balaban J connectivity index is 2.45. The topological polar surface area (TPSA) is 38.9 Å². The number of thiophene rings is 1. The zero-order valence-electron chi connectivity index (χ0n) is 7.36. The first-order valence-corrected chi connectivity index (χ1v) is 5.99. The lowest BCUT2D eigenvalue weighted by Crippen LogP contribution is -1.93. The maximum absolute atomic E-state index is 5.57. The lowest BCUT2D eigenvalue weighted by atomic mass is 10.3. The molecule has 0 aliphatic carbocycles. The number of aromatic nitrogens is 1. The van der Waals surface area contributed by atoms with E-state index in [1.54, 1.807) is 22.7 Å². The Morgan fingerprint density at radius 1 is 1.21 bits per heavy atom. The van der Waals surface area contributed by atoms with Crippen LogP contribution in [0.3, 0.4) is 0 Å². The van der Waals surface area contributed by atoms with E-state index >= 15 is 0 Å². The highest BCUT2D eigenvalue weighted by atomic mass is 32.1. The van der Waals surface area contributed by atoms with Crippen LogP contribution < -0.4 is 5.73 Å². The third-order valence-corrected chi connectivity index (χ3v) is 4.46. The number of rotatable bonds is 1. The second-order valence-electron chi connectivity index (χ2n) is 3.04. The first kappa shape index (κ1) is 8.35. The van der Waals surface area contributed by atoms with Crippen molar-refractivity contribution in [3.8, 4) is 0 Å². The Labute approximate surface area is 89.0 Å². The molecule has 0 bridgehead atoms. The fraction of sp³-hybridized carbons (Fsp3) is 0.100. The highest BCUT2D eigenvalue weighted by molar-refractivity contribution is 7.32. The van der Waals surface area contributed by atoms with E-state index in [2.05, 4.69) is 29.2 Å². The van der Waals surface area contributed by atoms with E-state index in [0.29, 0.717) is 6.54 Å². The molecule has 1 aromatic carbocycles. The Morgan fingerprint density at radius 3 is 2.93 bits per heavy atom. The first-order chi connectivity index (χ1) is 6.88. The highest BCUT2D eigenvalue weighted by Crippen LogP contribution is 2.36. The van der Waals surface area contributed by atoms with Crippen LogP contribution in [0.15, 0.2) is 24.3 Å². The van der Waals surface area contributed by atoms with Gasteiger partial charge in [0.25, 0.3) is 0 Å². The molecule has 0 aliphatic rings. The molecule has 70 valence electrons. The average Bonchev–Trinajstić information content (AvgIpc) is 2.73. The van der Waals surface area contributed by atoms with Gasteiger partial charge in [0.15, 0.2) is 0 Å². The van der Waals surface area contributed by atoms with Gasteiger partial charge in [-0.05, 0) is 6.07 Å². The molecule has 2 nitrogen and oxygen atoms in total. The second kappa shape index (κ2) is 3.02. The van der Waals surface area contributed by atoms with Crippen molar-refractivity contribution in [2.45, 2.75) is 6.54 Å². The lowest BCUT2D eigenvalue weighted by molar-refractivity contribution is 1.05. The normalized spacial score (nSPS) is 11.5. The molecule has 0 atom stereocenters. The van der Waals surface area contributed by atoms with Crippen molar-refractivity contribution in [1.29, 1.82) is 0 Å². The van der Waals surface area contributed by atoms with Crippen molar-refractivity contribution >= 4 is 42.3 Å². The molecule has 0 aliphatic heterocycles. The van der Waals surface area contributed by atoms with Crippen molar-refractivity contribution in [2.75, 3.05) is 0 Å². The van der Waals surface area contributed by atoms with Crippen LogP contribution in [0.25, 0.3) is 19.6 Å². The molecule has 4 heteroatoms. The number of hydrogen-bond donors (Lipinski definition) is 1. The summed E-state index contributed by atoms with van der Waals surface area (Å²) in [5, 5.41) is 2.33. The molecule has 0 spiro atoms. The minimum Gasteiger partial charge on any atom is -0.325 e. The molecule has 0 fully saturated rings. The molecule has 0 amide bonds. The third kappa shape index (κ3) is 1.08. The molecule has 0 saturated heterocycles. The standard InChI is InChI=1S/C10H8N2S2/c11-5-8-12-10-9(14-8)6-3-1-2-4-7(6)13-10/h1-4H,5,11H2. The molecule has 14 heavy (non-hydrogen) atoms. The molecule has 2 heterocycles. The Hall–Kier alpha value is -0.970. The summed E-state index contributed by atoms with van der Waals surface area (Å²) in [6, 6.07) is 8.41. The first-order valence-electron chi connectivity index (χ1n) is 4.35. The van der Waals surface area contributed by atoms with Crippen LogP contribution in [0.4, 0.5) is 0 Å². The number of fused-ring (bicyclic) bond motifs is 3. The molecule has 0 saturated carbocycles. The van der Waals surface area contributed by atoms with Gasteiger partial charge in [0, 0.05) is 16.6 Å². The van der Waals surface area contributed by atoms with Gasteiger partial charge in [-0.15, -0.1) is 22.7 Å². The fourth-order valence-corrected chi connectivity index (χ4v) is 3.77. The minimum atomic E-state index is 0.542. The van der Waals surface area contributed by atoms with Gasteiger partial charge in [0.05, 0.1) is 4.70 Å². The third-order valence-electron chi connectivity index (χ3n) is 2.15. The number of nitrogens with two attached hydrogens (primary N) is 1. The fourth-order valence-electron chi connectivity index (χ4n) is 1.52. The SMILES string of the molecule is NCc1nc2sc3ccccc3c2s1. The summed E-state index contributed by atoms with van der Waals surface area (Å²) in [5.74, 6) is 0. The summed E-state index contributed by atoms with van der Waals surface area (Å²) in [7, 11) is 0. The van der Waals surface area contributed by atoms with E-state index in [0.717, 1.165) is 9.84 Å². The van der Waals surface area contributed by atoms with E-state index in [4.69, 9.17) is 5.73 Å². The molecule has 2 N–H and O–H groups in total. The Kier molecular flexibility index (Phi) is 1.80. The van der Waals surface area contributed by atoms with Crippen LogP contribution in [0.5, 0.6) is 0 Å². The highest BCUT2D eigenvalue weighted by Gasteiger charge is 2.09. The van der Waals surface area contributed by atoms with Crippen LogP contribution in [0.1, 0.15) is 5.01 Å². The van der Waals surface area contributed by atoms with Crippen molar-refractivity contribution in [1.82, 2.24) is 4.98 Å². The number of benzene rings is 1. The van der Waals surface area contributed by atoms with E-state index in [-0.39, 0.29) is 0 Å². The van der Waals surface area contributed by atoms with Gasteiger partial charge in [0.2, 0.25) is 0 Å². The van der Waals surface area contributed by atoms with Crippen molar-refractivity contribution in [3.63, 3.8) is 0 Å². The van der Waals surface area contributed by atoms with E-state index < -0.39 is 0 Å². The summed E-state index contributed by atoms with van der Waals surface area (Å²) in [6.45, 7) is 0.542. The minimum absolute atomic E-state index is 0.542. The summed E-state index contributed by atoms with van der Waals surface area (Å²) < 4.78 is 2.59. The number of thiazole rings is 1. The number of hydrogen-bond acceptors (Lipinski definition) is 4. The maximum Gasteiger partial charge on any atom is 0.135 e. The summed E-state index contributed by atoms with van der Waals surface area (Å²) >= 11 is 3.45. The largest absolute Gasteiger partial charge is 0.325 e. The van der Waals surface area contributed by atoms with Crippen LogP contribution in [0.2, 0.25) is 0 Å². The summed E-state index contributed by atoms with van der Waals surface area (Å²) in [6.07, 6.45) is 0. The summed E-state index contributed by atoms with van der Waals surface area (Å²) in [4.78, 5) is 5.60. The number of nitrogens with zero attached hydrogens (tertiary/aromatic N) is 1. The zero-order chi connectivity index (χ0) is 9.54. The molecule has 3 rings (SSSR count). The summed E-state index contributed by atoms with van der Waals surface area (Å²) in [5.41, 5.74) is 5.57. The predicted octanol–water partition coefficient (Wildman–Crippen LogP) is 2.97. The van der Waals surface area contributed by atoms with E-state index in [1.807, 2.05) is 0 Å². The molecule has 2 aromatic heterocycles. The van der Waals surface area contributed by atoms with Crippen LogP contribution >= 0.6 is 22.7 Å². The van der Waals surface area contributed by atoms with Gasteiger partial charge in [-0.1, -0.05) is 18.2 Å². The van der Waals surface area contributed by atoms with Gasteiger partial charge in [-0.2, -0.15) is 0 Å². The molecule has 0 radical (unpaired) electrons. The van der Waals surface area contributed by atoms with Crippen LogP contribution in [-0.4, -0.2) is 4.98 Å². The van der Waals surface area contributed by atoms with Gasteiger partial charge < -0.3 is 5.73 Å². The van der Waals surface area contributed by atoms with Gasteiger partial charge in [0.1, 0.15) is 9.84 Å². The maximum atomic E-state index is 5.57. The van der Waals surface area contributed by atoms with Gasteiger partial charge in [-0.25, -0.2) is 4.98 Å². The average molecular weight is 220 g/mol. The van der Waals surface area contributed by atoms with Crippen molar-refractivity contribution in [2.24, 2.45) is 5.73 Å². The lowest BCUT2D eigenvalue weighted by Gasteiger charge is -1.86. The quantitative estimate of drug-likeness (QED) is 0.684. The Bertz CT molecular complexity index is 594. The van der Waals surface area contributed by atoms with Crippen molar-refractivity contribution in [3.05, 3.63) is 29.3 Å². The van der Waals surface area contributed by atoms with E-state index in [9.17, 15) is 0 Å². The Morgan fingerprint density at radius 2 is 2.07 bits per heavy atom. The molecule has 3 aromatic rings. The van der Waals surface area contributed by atoms with E-state index in [1.165, 1.54) is 14.8 Å². The molecular formula is C10H8N2S2. The zero-order valence-corrected chi connectivity index (χ0v) is 8.99. The van der Waals surface area contributed by atoms with Gasteiger partial charge >= 0.3 is 0 Å². The smallest absolute Gasteiger partial charge is 0.135 e. The predicted molar refractivity (Wildman–Crippen MR) is 62.9 cm³/mol.